The lowest BCUT2D eigenvalue weighted by molar-refractivity contribution is 0.174. The van der Waals surface area contributed by atoms with Crippen molar-refractivity contribution in [1.29, 1.82) is 0 Å². The molecule has 2 aromatic rings. The van der Waals surface area contributed by atoms with Crippen LogP contribution in [0.15, 0.2) is 42.5 Å². The molecule has 4 heteroatoms. The summed E-state index contributed by atoms with van der Waals surface area (Å²) in [5.74, 6) is 1.39. The Morgan fingerprint density at radius 2 is 1.79 bits per heavy atom. The van der Waals surface area contributed by atoms with Crippen LogP contribution < -0.4 is 15.2 Å². The summed E-state index contributed by atoms with van der Waals surface area (Å²) in [5, 5.41) is 0.618. The Balaban J connectivity index is 1.86. The maximum Gasteiger partial charge on any atom is 0.231 e. The monoisotopic (exact) mass is 275 g/mol. The fourth-order valence-corrected chi connectivity index (χ4v) is 2.49. The number of nitrogens with two attached hydrogens (primary N) is 1. The van der Waals surface area contributed by atoms with Crippen LogP contribution in [0.4, 0.5) is 0 Å². The SMILES string of the molecule is NC(Cc1ccccc1)c1cc2c(cc1Cl)OCO2. The zero-order valence-electron chi connectivity index (χ0n) is 10.3. The van der Waals surface area contributed by atoms with Gasteiger partial charge in [-0.2, -0.15) is 0 Å². The van der Waals surface area contributed by atoms with Gasteiger partial charge in [-0.15, -0.1) is 0 Å². The highest BCUT2D eigenvalue weighted by Crippen LogP contribution is 2.38. The number of ether oxygens (including phenoxy) is 2. The van der Waals surface area contributed by atoms with Crippen molar-refractivity contribution in [3.63, 3.8) is 0 Å². The first-order chi connectivity index (χ1) is 9.24. The van der Waals surface area contributed by atoms with E-state index in [1.54, 1.807) is 6.07 Å². The summed E-state index contributed by atoms with van der Waals surface area (Å²) in [6, 6.07) is 13.6. The minimum Gasteiger partial charge on any atom is -0.454 e. The molecule has 3 rings (SSSR count). The number of rotatable bonds is 3. The molecular formula is C15H14ClNO2. The zero-order chi connectivity index (χ0) is 13.2. The third-order valence-electron chi connectivity index (χ3n) is 3.19. The molecule has 2 aromatic carbocycles. The Morgan fingerprint density at radius 3 is 2.53 bits per heavy atom. The van der Waals surface area contributed by atoms with E-state index in [-0.39, 0.29) is 12.8 Å². The molecule has 0 spiro atoms. The van der Waals surface area contributed by atoms with Crippen LogP contribution in [0.5, 0.6) is 11.5 Å². The predicted octanol–water partition coefficient (Wildman–Crippen LogP) is 3.31. The van der Waals surface area contributed by atoms with E-state index in [1.165, 1.54) is 5.56 Å². The van der Waals surface area contributed by atoms with Gasteiger partial charge in [-0.1, -0.05) is 41.9 Å². The summed E-state index contributed by atoms with van der Waals surface area (Å²) >= 11 is 6.25. The van der Waals surface area contributed by atoms with Crippen LogP contribution in [0.3, 0.4) is 0 Å². The van der Waals surface area contributed by atoms with E-state index in [9.17, 15) is 0 Å². The molecule has 0 aliphatic carbocycles. The highest BCUT2D eigenvalue weighted by atomic mass is 35.5. The smallest absolute Gasteiger partial charge is 0.231 e. The second kappa shape index (κ2) is 5.11. The van der Waals surface area contributed by atoms with Gasteiger partial charge in [-0.05, 0) is 23.6 Å². The molecule has 0 amide bonds. The summed E-state index contributed by atoms with van der Waals surface area (Å²) in [4.78, 5) is 0. The lowest BCUT2D eigenvalue weighted by atomic mass is 9.99. The Hall–Kier alpha value is -1.71. The number of hydrogen-bond acceptors (Lipinski definition) is 3. The summed E-state index contributed by atoms with van der Waals surface area (Å²) in [6.45, 7) is 0.239. The van der Waals surface area contributed by atoms with E-state index < -0.39 is 0 Å². The van der Waals surface area contributed by atoms with Crippen molar-refractivity contribution in [1.82, 2.24) is 0 Å². The molecule has 1 unspecified atom stereocenters. The number of halogens is 1. The zero-order valence-corrected chi connectivity index (χ0v) is 11.1. The van der Waals surface area contributed by atoms with Crippen molar-refractivity contribution >= 4 is 11.6 Å². The molecule has 0 saturated carbocycles. The molecule has 0 aromatic heterocycles. The predicted molar refractivity (Wildman–Crippen MR) is 74.6 cm³/mol. The van der Waals surface area contributed by atoms with Crippen LogP contribution in [0, 0.1) is 0 Å². The lowest BCUT2D eigenvalue weighted by Crippen LogP contribution is -2.13. The van der Waals surface area contributed by atoms with Gasteiger partial charge < -0.3 is 15.2 Å². The van der Waals surface area contributed by atoms with Crippen LogP contribution in [-0.2, 0) is 6.42 Å². The van der Waals surface area contributed by atoms with Crippen molar-refractivity contribution in [3.8, 4) is 11.5 Å². The second-order valence-electron chi connectivity index (χ2n) is 4.52. The highest BCUT2D eigenvalue weighted by Gasteiger charge is 2.19. The summed E-state index contributed by atoms with van der Waals surface area (Å²) in [5.41, 5.74) is 8.31. The van der Waals surface area contributed by atoms with Gasteiger partial charge in [0.05, 0.1) is 0 Å². The summed E-state index contributed by atoms with van der Waals surface area (Å²) in [7, 11) is 0. The molecular weight excluding hydrogens is 262 g/mol. The minimum absolute atomic E-state index is 0.163. The first kappa shape index (κ1) is 12.3. The van der Waals surface area contributed by atoms with Crippen molar-refractivity contribution < 1.29 is 9.47 Å². The maximum atomic E-state index is 6.25. The largest absolute Gasteiger partial charge is 0.454 e. The van der Waals surface area contributed by atoms with Crippen molar-refractivity contribution in [2.45, 2.75) is 12.5 Å². The fraction of sp³-hybridized carbons (Fsp3) is 0.200. The summed E-state index contributed by atoms with van der Waals surface area (Å²) < 4.78 is 10.6. The van der Waals surface area contributed by atoms with Gasteiger partial charge in [-0.25, -0.2) is 0 Å². The first-order valence-corrected chi connectivity index (χ1v) is 6.50. The number of fused-ring (bicyclic) bond motifs is 1. The van der Waals surface area contributed by atoms with Gasteiger partial charge in [0, 0.05) is 17.1 Å². The highest BCUT2D eigenvalue weighted by molar-refractivity contribution is 6.31. The van der Waals surface area contributed by atoms with Crippen molar-refractivity contribution in [3.05, 3.63) is 58.6 Å². The Labute approximate surface area is 116 Å². The topological polar surface area (TPSA) is 44.5 Å². The second-order valence-corrected chi connectivity index (χ2v) is 4.93. The van der Waals surface area contributed by atoms with E-state index in [0.717, 1.165) is 12.0 Å². The van der Waals surface area contributed by atoms with Gasteiger partial charge >= 0.3 is 0 Å². The van der Waals surface area contributed by atoms with Crippen molar-refractivity contribution in [2.75, 3.05) is 6.79 Å². The number of benzene rings is 2. The van der Waals surface area contributed by atoms with Crippen LogP contribution in [-0.4, -0.2) is 6.79 Å². The fourth-order valence-electron chi connectivity index (χ4n) is 2.20. The quantitative estimate of drug-likeness (QED) is 0.935. The lowest BCUT2D eigenvalue weighted by Gasteiger charge is -2.14. The van der Waals surface area contributed by atoms with E-state index in [2.05, 4.69) is 12.1 Å². The third kappa shape index (κ3) is 2.53. The number of hydrogen-bond donors (Lipinski definition) is 1. The van der Waals surface area contributed by atoms with Gasteiger partial charge in [0.25, 0.3) is 0 Å². The van der Waals surface area contributed by atoms with Crippen LogP contribution in [0.25, 0.3) is 0 Å². The molecule has 19 heavy (non-hydrogen) atoms. The molecule has 0 bridgehead atoms. The van der Waals surface area contributed by atoms with E-state index in [4.69, 9.17) is 26.8 Å². The molecule has 98 valence electrons. The molecule has 1 atom stereocenters. The standard InChI is InChI=1S/C15H14ClNO2/c16-12-8-15-14(18-9-19-15)7-11(12)13(17)6-10-4-2-1-3-5-10/h1-5,7-8,13H,6,9,17H2. The molecule has 0 saturated heterocycles. The molecule has 2 N–H and O–H groups in total. The minimum atomic E-state index is -0.163. The molecule has 3 nitrogen and oxygen atoms in total. The van der Waals surface area contributed by atoms with Gasteiger partial charge in [0.15, 0.2) is 11.5 Å². The average Bonchev–Trinajstić information content (AvgIpc) is 2.86. The maximum absolute atomic E-state index is 6.25. The molecule has 1 heterocycles. The van der Waals surface area contributed by atoms with Gasteiger partial charge in [-0.3, -0.25) is 0 Å². The van der Waals surface area contributed by atoms with E-state index >= 15 is 0 Å². The Bertz CT molecular complexity index is 586. The first-order valence-electron chi connectivity index (χ1n) is 6.12. The van der Waals surface area contributed by atoms with E-state index in [0.29, 0.717) is 16.5 Å². The Morgan fingerprint density at radius 1 is 1.11 bits per heavy atom. The molecule has 1 aliphatic rings. The molecule has 1 aliphatic heterocycles. The third-order valence-corrected chi connectivity index (χ3v) is 3.52. The Kier molecular flexibility index (Phi) is 3.32. The summed E-state index contributed by atoms with van der Waals surface area (Å²) in [6.07, 6.45) is 0.736. The van der Waals surface area contributed by atoms with E-state index in [1.807, 2.05) is 24.3 Å². The average molecular weight is 276 g/mol. The normalized spacial score (nSPS) is 14.4. The van der Waals surface area contributed by atoms with Gasteiger partial charge in [0.2, 0.25) is 6.79 Å². The van der Waals surface area contributed by atoms with Crippen LogP contribution in [0.1, 0.15) is 17.2 Å². The van der Waals surface area contributed by atoms with Gasteiger partial charge in [0.1, 0.15) is 0 Å². The van der Waals surface area contributed by atoms with Crippen molar-refractivity contribution in [2.24, 2.45) is 5.73 Å². The van der Waals surface area contributed by atoms with Crippen LogP contribution >= 0.6 is 11.6 Å². The molecule has 0 fully saturated rings. The van der Waals surface area contributed by atoms with Crippen LogP contribution in [0.2, 0.25) is 5.02 Å². The molecule has 0 radical (unpaired) electrons.